The van der Waals surface area contributed by atoms with E-state index in [0.717, 1.165) is 0 Å². The molecule has 0 bridgehead atoms. The molecule has 0 atom stereocenters. The fourth-order valence-electron chi connectivity index (χ4n) is 1.15. The van der Waals surface area contributed by atoms with Gasteiger partial charge in [0, 0.05) is 11.1 Å². The van der Waals surface area contributed by atoms with Crippen molar-refractivity contribution < 1.29 is 61.9 Å². The SMILES string of the molecule is C=C(C)C(=O)OCC(COC(=O)C(=C)C)C(=O)OCCS(=O)(=O)O.[H-].[Li+]. The topological polar surface area (TPSA) is 133 Å². The third-order valence-electron chi connectivity index (χ3n) is 2.45. The molecular formula is C14H21LiO9S. The molecule has 25 heavy (non-hydrogen) atoms. The molecular weight excluding hydrogens is 351 g/mol. The molecule has 0 amide bonds. The van der Waals surface area contributed by atoms with Crippen molar-refractivity contribution in [3.05, 3.63) is 24.3 Å². The molecule has 0 rings (SSSR count). The summed E-state index contributed by atoms with van der Waals surface area (Å²) in [6, 6.07) is 0. The largest absolute Gasteiger partial charge is 1.00 e. The number of carbonyl (C=O) groups excluding carboxylic acids is 3. The second kappa shape index (κ2) is 11.9. The van der Waals surface area contributed by atoms with Crippen LogP contribution in [0.5, 0.6) is 0 Å². The number of carbonyl (C=O) groups is 3. The van der Waals surface area contributed by atoms with Gasteiger partial charge in [-0.15, -0.1) is 0 Å². The van der Waals surface area contributed by atoms with Crippen LogP contribution in [0.2, 0.25) is 0 Å². The van der Waals surface area contributed by atoms with E-state index in [9.17, 15) is 22.8 Å². The molecule has 138 valence electrons. The Morgan fingerprint density at radius 2 is 1.40 bits per heavy atom. The fraction of sp³-hybridized carbons (Fsp3) is 0.500. The van der Waals surface area contributed by atoms with Gasteiger partial charge >= 0.3 is 36.8 Å². The minimum Gasteiger partial charge on any atom is -1.00 e. The maximum absolute atomic E-state index is 11.9. The van der Waals surface area contributed by atoms with E-state index in [-0.39, 0.29) is 31.4 Å². The Labute approximate surface area is 159 Å². The average molecular weight is 372 g/mol. The molecule has 0 heterocycles. The quantitative estimate of drug-likeness (QED) is 0.144. The predicted octanol–water partition coefficient (Wildman–Crippen LogP) is -2.61. The Morgan fingerprint density at radius 1 is 1.00 bits per heavy atom. The molecule has 0 aliphatic carbocycles. The van der Waals surface area contributed by atoms with Crippen LogP contribution in [0, 0.1) is 5.92 Å². The zero-order valence-electron chi connectivity index (χ0n) is 15.4. The van der Waals surface area contributed by atoms with Crippen LogP contribution in [-0.4, -0.2) is 56.5 Å². The first kappa shape index (κ1) is 25.6. The van der Waals surface area contributed by atoms with Gasteiger partial charge in [-0.2, -0.15) is 8.42 Å². The summed E-state index contributed by atoms with van der Waals surface area (Å²) >= 11 is 0. The summed E-state index contributed by atoms with van der Waals surface area (Å²) in [4.78, 5) is 34.6. The summed E-state index contributed by atoms with van der Waals surface area (Å²) < 4.78 is 44.0. The monoisotopic (exact) mass is 372 g/mol. The molecule has 0 saturated heterocycles. The van der Waals surface area contributed by atoms with Crippen molar-refractivity contribution in [1.29, 1.82) is 0 Å². The first-order chi connectivity index (χ1) is 10.9. The maximum Gasteiger partial charge on any atom is 1.00 e. The molecule has 0 spiro atoms. The molecule has 0 aromatic rings. The van der Waals surface area contributed by atoms with Crippen LogP contribution in [-0.2, 0) is 38.7 Å². The molecule has 11 heteroatoms. The molecule has 0 aliphatic heterocycles. The molecule has 0 aromatic carbocycles. The second-order valence-electron chi connectivity index (χ2n) is 4.91. The minimum absolute atomic E-state index is 0. The van der Waals surface area contributed by atoms with E-state index in [4.69, 9.17) is 14.0 Å². The molecule has 0 aliphatic rings. The van der Waals surface area contributed by atoms with Gasteiger partial charge < -0.3 is 15.6 Å². The van der Waals surface area contributed by atoms with Gasteiger partial charge in [-0.05, 0) is 13.8 Å². The van der Waals surface area contributed by atoms with Gasteiger partial charge in [-0.1, -0.05) is 13.2 Å². The van der Waals surface area contributed by atoms with Gasteiger partial charge in [0.25, 0.3) is 10.1 Å². The first-order valence-electron chi connectivity index (χ1n) is 6.71. The van der Waals surface area contributed by atoms with E-state index in [0.29, 0.717) is 0 Å². The Kier molecular flexibility index (Phi) is 12.2. The normalized spacial score (nSPS) is 10.4. The Bertz CT molecular complexity index is 600. The summed E-state index contributed by atoms with van der Waals surface area (Å²) in [6.45, 7) is 8.03. The molecule has 0 saturated carbocycles. The summed E-state index contributed by atoms with van der Waals surface area (Å²) in [5, 5.41) is 0. The van der Waals surface area contributed by atoms with E-state index >= 15 is 0 Å². The number of hydrogen-bond donors (Lipinski definition) is 1. The van der Waals surface area contributed by atoms with Crippen LogP contribution in [0.1, 0.15) is 15.3 Å². The van der Waals surface area contributed by atoms with Crippen LogP contribution >= 0.6 is 0 Å². The zero-order chi connectivity index (χ0) is 18.9. The average Bonchev–Trinajstić information content (AvgIpc) is 2.44. The molecule has 9 nitrogen and oxygen atoms in total. The zero-order valence-corrected chi connectivity index (χ0v) is 15.3. The Morgan fingerprint density at radius 3 is 1.72 bits per heavy atom. The van der Waals surface area contributed by atoms with Gasteiger partial charge in [0.15, 0.2) is 0 Å². The molecule has 0 aromatic heterocycles. The van der Waals surface area contributed by atoms with E-state index in [1.807, 2.05) is 0 Å². The van der Waals surface area contributed by atoms with E-state index in [1.165, 1.54) is 13.8 Å². The number of ether oxygens (including phenoxy) is 3. The summed E-state index contributed by atoms with van der Waals surface area (Å²) in [5.41, 5.74) is 0.208. The van der Waals surface area contributed by atoms with Gasteiger partial charge in [-0.25, -0.2) is 9.59 Å². The Hall–Kier alpha value is -1.60. The van der Waals surface area contributed by atoms with Crippen molar-refractivity contribution in [2.45, 2.75) is 13.8 Å². The van der Waals surface area contributed by atoms with Gasteiger partial charge in [0.2, 0.25) is 0 Å². The van der Waals surface area contributed by atoms with Gasteiger partial charge in [0.05, 0.1) is 0 Å². The van der Waals surface area contributed by atoms with Crippen LogP contribution in [0.4, 0.5) is 0 Å². The van der Waals surface area contributed by atoms with Crippen molar-refractivity contribution in [2.75, 3.05) is 25.6 Å². The van der Waals surface area contributed by atoms with Gasteiger partial charge in [0.1, 0.15) is 31.5 Å². The fourth-order valence-corrected chi connectivity index (χ4v) is 1.44. The van der Waals surface area contributed by atoms with Crippen molar-refractivity contribution in [1.82, 2.24) is 0 Å². The summed E-state index contributed by atoms with van der Waals surface area (Å²) in [5.74, 6) is -4.42. The van der Waals surface area contributed by atoms with Crippen LogP contribution < -0.4 is 18.9 Å². The maximum atomic E-state index is 11.9. The third-order valence-corrected chi connectivity index (χ3v) is 3.13. The van der Waals surface area contributed by atoms with Crippen molar-refractivity contribution in [3.63, 3.8) is 0 Å². The van der Waals surface area contributed by atoms with E-state index in [2.05, 4.69) is 17.9 Å². The second-order valence-corrected chi connectivity index (χ2v) is 6.48. The number of esters is 3. The summed E-state index contributed by atoms with van der Waals surface area (Å²) in [7, 11) is -4.29. The van der Waals surface area contributed by atoms with Crippen molar-refractivity contribution in [3.8, 4) is 0 Å². The standard InChI is InChI=1S/C14H20O9S.Li.H/c1-9(2)12(15)22-7-11(8-23-13(16)10(3)4)14(17)21-5-6-24(18,19)20;;/h11H,1,3,5-8H2,2,4H3,(H,18,19,20);;/q;+1;-1. The van der Waals surface area contributed by atoms with Crippen LogP contribution in [0.25, 0.3) is 0 Å². The third kappa shape index (κ3) is 12.4. The number of hydrogen-bond acceptors (Lipinski definition) is 8. The van der Waals surface area contributed by atoms with E-state index < -0.39 is 59.5 Å². The Balaban J connectivity index is -0.00000264. The van der Waals surface area contributed by atoms with Crippen LogP contribution in [0.15, 0.2) is 24.3 Å². The van der Waals surface area contributed by atoms with E-state index in [1.54, 1.807) is 0 Å². The minimum atomic E-state index is -4.29. The smallest absolute Gasteiger partial charge is 1.00 e. The molecule has 0 fully saturated rings. The summed E-state index contributed by atoms with van der Waals surface area (Å²) in [6.07, 6.45) is 0. The predicted molar refractivity (Wildman–Crippen MR) is 83.5 cm³/mol. The number of rotatable bonds is 10. The van der Waals surface area contributed by atoms with Gasteiger partial charge in [-0.3, -0.25) is 9.35 Å². The van der Waals surface area contributed by atoms with Crippen LogP contribution in [0.3, 0.4) is 0 Å². The molecule has 0 radical (unpaired) electrons. The van der Waals surface area contributed by atoms with Crippen molar-refractivity contribution >= 4 is 28.0 Å². The van der Waals surface area contributed by atoms with Crippen molar-refractivity contribution in [2.24, 2.45) is 5.92 Å². The first-order valence-corrected chi connectivity index (χ1v) is 8.32. The molecule has 0 unspecified atom stereocenters. The molecule has 1 N–H and O–H groups in total.